The Morgan fingerprint density at radius 2 is 2.04 bits per heavy atom. The maximum Gasteiger partial charge on any atom is 0.328 e. The molecular weight excluding hydrogens is 419 g/mol. The SMILES string of the molecule is COc1cc(/C=C/C(=O)O)cc(Br)c1OCc1ccc(Cl)cc1Cl. The predicted molar refractivity (Wildman–Crippen MR) is 98.2 cm³/mol. The molecule has 1 N–H and O–H groups in total. The van der Waals surface area contributed by atoms with Crippen LogP contribution in [0.5, 0.6) is 11.5 Å². The monoisotopic (exact) mass is 430 g/mol. The molecule has 0 unspecified atom stereocenters. The number of carbonyl (C=O) groups is 1. The van der Waals surface area contributed by atoms with E-state index in [1.54, 1.807) is 30.3 Å². The number of rotatable bonds is 6. The number of hydrogen-bond donors (Lipinski definition) is 1. The molecule has 0 radical (unpaired) electrons. The summed E-state index contributed by atoms with van der Waals surface area (Å²) in [4.78, 5) is 10.6. The maximum atomic E-state index is 10.6. The second kappa shape index (κ2) is 8.42. The van der Waals surface area contributed by atoms with Crippen LogP contribution in [-0.2, 0) is 11.4 Å². The largest absolute Gasteiger partial charge is 0.493 e. The maximum absolute atomic E-state index is 10.6. The quantitative estimate of drug-likeness (QED) is 0.618. The fourth-order valence-corrected chi connectivity index (χ4v) is 2.97. The second-order valence-corrected chi connectivity index (χ2v) is 6.43. The van der Waals surface area contributed by atoms with Gasteiger partial charge in [0.15, 0.2) is 11.5 Å². The average molecular weight is 432 g/mol. The summed E-state index contributed by atoms with van der Waals surface area (Å²) in [7, 11) is 1.51. The minimum atomic E-state index is -1.03. The van der Waals surface area contributed by atoms with Gasteiger partial charge in [-0.1, -0.05) is 29.3 Å². The molecule has 0 saturated heterocycles. The molecular formula is C17H13BrCl2O4. The van der Waals surface area contributed by atoms with Crippen molar-refractivity contribution in [2.45, 2.75) is 6.61 Å². The van der Waals surface area contributed by atoms with Crippen molar-refractivity contribution in [3.63, 3.8) is 0 Å². The Kier molecular flexibility index (Phi) is 6.54. The summed E-state index contributed by atoms with van der Waals surface area (Å²) in [6, 6.07) is 8.59. The van der Waals surface area contributed by atoms with Crippen LogP contribution in [0.2, 0.25) is 10.0 Å². The van der Waals surface area contributed by atoms with Gasteiger partial charge in [0, 0.05) is 21.7 Å². The van der Waals surface area contributed by atoms with Gasteiger partial charge in [0.25, 0.3) is 0 Å². The van der Waals surface area contributed by atoms with E-state index in [4.69, 9.17) is 37.8 Å². The normalized spacial score (nSPS) is 10.8. The molecule has 0 atom stereocenters. The standard InChI is InChI=1S/C17H13BrCl2O4/c1-23-15-7-10(2-5-16(21)22)6-13(18)17(15)24-9-11-3-4-12(19)8-14(11)20/h2-8H,9H2,1H3,(H,21,22)/b5-2+. The Balaban J connectivity index is 2.24. The number of carboxylic acids is 1. The summed E-state index contributed by atoms with van der Waals surface area (Å²) in [5.41, 5.74) is 1.45. The van der Waals surface area contributed by atoms with Gasteiger partial charge in [-0.25, -0.2) is 4.79 Å². The lowest BCUT2D eigenvalue weighted by Crippen LogP contribution is -2.00. The minimum absolute atomic E-state index is 0.231. The van der Waals surface area contributed by atoms with E-state index in [1.807, 2.05) is 0 Å². The molecule has 126 valence electrons. The molecule has 2 aromatic carbocycles. The molecule has 0 spiro atoms. The van der Waals surface area contributed by atoms with E-state index in [0.717, 1.165) is 11.6 Å². The average Bonchev–Trinajstić information content (AvgIpc) is 2.52. The van der Waals surface area contributed by atoms with Crippen molar-refractivity contribution < 1.29 is 19.4 Å². The zero-order valence-corrected chi connectivity index (χ0v) is 15.7. The summed E-state index contributed by atoms with van der Waals surface area (Å²) in [6.45, 7) is 0.231. The molecule has 0 saturated carbocycles. The van der Waals surface area contributed by atoms with E-state index in [2.05, 4.69) is 15.9 Å². The van der Waals surface area contributed by atoms with Crippen LogP contribution in [0.4, 0.5) is 0 Å². The first-order valence-electron chi connectivity index (χ1n) is 6.76. The van der Waals surface area contributed by atoms with E-state index < -0.39 is 5.97 Å². The second-order valence-electron chi connectivity index (χ2n) is 4.73. The number of carboxylic acid groups (broad SMARTS) is 1. The topological polar surface area (TPSA) is 55.8 Å². The Labute approximate surface area is 157 Å². The zero-order valence-electron chi connectivity index (χ0n) is 12.6. The first-order chi connectivity index (χ1) is 11.4. The third-order valence-corrected chi connectivity index (χ3v) is 4.23. The Hall–Kier alpha value is -1.69. The van der Waals surface area contributed by atoms with Crippen molar-refractivity contribution in [1.29, 1.82) is 0 Å². The lowest BCUT2D eigenvalue weighted by Gasteiger charge is -2.14. The van der Waals surface area contributed by atoms with Gasteiger partial charge in [0.2, 0.25) is 0 Å². The molecule has 0 bridgehead atoms. The first-order valence-corrected chi connectivity index (χ1v) is 8.31. The highest BCUT2D eigenvalue weighted by Gasteiger charge is 2.12. The number of benzene rings is 2. The molecule has 7 heteroatoms. The van der Waals surface area contributed by atoms with Gasteiger partial charge in [-0.3, -0.25) is 0 Å². The van der Waals surface area contributed by atoms with Crippen LogP contribution >= 0.6 is 39.1 Å². The fraction of sp³-hybridized carbons (Fsp3) is 0.118. The van der Waals surface area contributed by atoms with Crippen molar-refractivity contribution >= 4 is 51.2 Å². The molecule has 0 aromatic heterocycles. The Morgan fingerprint density at radius 3 is 2.67 bits per heavy atom. The van der Waals surface area contributed by atoms with Crippen LogP contribution in [0.1, 0.15) is 11.1 Å². The lowest BCUT2D eigenvalue weighted by atomic mass is 10.2. The molecule has 4 nitrogen and oxygen atoms in total. The number of aliphatic carboxylic acids is 1. The van der Waals surface area contributed by atoms with E-state index in [-0.39, 0.29) is 6.61 Å². The molecule has 2 rings (SSSR count). The molecule has 0 fully saturated rings. The molecule has 24 heavy (non-hydrogen) atoms. The molecule has 2 aromatic rings. The molecule has 0 aliphatic rings. The van der Waals surface area contributed by atoms with Crippen LogP contribution in [0.15, 0.2) is 40.9 Å². The van der Waals surface area contributed by atoms with E-state index in [9.17, 15) is 4.79 Å². The highest BCUT2D eigenvalue weighted by Crippen LogP contribution is 2.38. The van der Waals surface area contributed by atoms with E-state index in [0.29, 0.717) is 31.6 Å². The van der Waals surface area contributed by atoms with Crippen molar-refractivity contribution in [2.75, 3.05) is 7.11 Å². The third kappa shape index (κ3) is 4.90. The lowest BCUT2D eigenvalue weighted by molar-refractivity contribution is -0.131. The summed E-state index contributed by atoms with van der Waals surface area (Å²) < 4.78 is 11.8. The number of ether oxygens (including phenoxy) is 2. The smallest absolute Gasteiger partial charge is 0.328 e. The minimum Gasteiger partial charge on any atom is -0.493 e. The molecule has 0 amide bonds. The van der Waals surface area contributed by atoms with Crippen LogP contribution in [-0.4, -0.2) is 18.2 Å². The van der Waals surface area contributed by atoms with E-state index >= 15 is 0 Å². The van der Waals surface area contributed by atoms with Crippen molar-refractivity contribution in [1.82, 2.24) is 0 Å². The van der Waals surface area contributed by atoms with Gasteiger partial charge in [-0.2, -0.15) is 0 Å². The number of methoxy groups -OCH3 is 1. The van der Waals surface area contributed by atoms with Crippen molar-refractivity contribution in [3.8, 4) is 11.5 Å². The molecule has 0 aliphatic heterocycles. The summed E-state index contributed by atoms with van der Waals surface area (Å²) in [6.07, 6.45) is 2.52. The first kappa shape index (κ1) is 18.6. The van der Waals surface area contributed by atoms with Crippen LogP contribution in [0, 0.1) is 0 Å². The Morgan fingerprint density at radius 1 is 1.29 bits per heavy atom. The molecule has 0 heterocycles. The summed E-state index contributed by atoms with van der Waals surface area (Å²) in [5.74, 6) is -0.0571. The third-order valence-electron chi connectivity index (χ3n) is 3.06. The highest BCUT2D eigenvalue weighted by atomic mass is 79.9. The van der Waals surface area contributed by atoms with Crippen molar-refractivity contribution in [2.24, 2.45) is 0 Å². The fourth-order valence-electron chi connectivity index (χ4n) is 1.93. The van der Waals surface area contributed by atoms with Crippen LogP contribution < -0.4 is 9.47 Å². The van der Waals surface area contributed by atoms with Gasteiger partial charge in [0.1, 0.15) is 6.61 Å². The zero-order chi connectivity index (χ0) is 17.7. The summed E-state index contributed by atoms with van der Waals surface area (Å²) >= 11 is 15.4. The van der Waals surface area contributed by atoms with Gasteiger partial charge < -0.3 is 14.6 Å². The van der Waals surface area contributed by atoms with Crippen molar-refractivity contribution in [3.05, 3.63) is 62.1 Å². The number of halogens is 3. The predicted octanol–water partition coefficient (Wildman–Crippen LogP) is 5.44. The van der Waals surface area contributed by atoms with E-state index in [1.165, 1.54) is 13.2 Å². The summed E-state index contributed by atoms with van der Waals surface area (Å²) in [5, 5.41) is 9.77. The highest BCUT2D eigenvalue weighted by molar-refractivity contribution is 9.10. The van der Waals surface area contributed by atoms with Gasteiger partial charge in [-0.05, 0) is 51.8 Å². The van der Waals surface area contributed by atoms with Gasteiger partial charge in [0.05, 0.1) is 11.6 Å². The van der Waals surface area contributed by atoms with Gasteiger partial charge >= 0.3 is 5.97 Å². The Bertz CT molecular complexity index is 790. The van der Waals surface area contributed by atoms with Gasteiger partial charge in [-0.15, -0.1) is 0 Å². The van der Waals surface area contributed by atoms with Crippen LogP contribution in [0.3, 0.4) is 0 Å². The van der Waals surface area contributed by atoms with Crippen LogP contribution in [0.25, 0.3) is 6.08 Å². The molecule has 0 aliphatic carbocycles. The number of hydrogen-bond acceptors (Lipinski definition) is 3.